The predicted octanol–water partition coefficient (Wildman–Crippen LogP) is 5.76. The SMILES string of the molecule is CCOc1ccccc1-c1nc(CC(=O)NC2c3ccccc3Oc3ccccc32)cs1. The number of para-hydroxylation sites is 3. The summed E-state index contributed by atoms with van der Waals surface area (Å²) in [4.78, 5) is 17.7. The lowest BCUT2D eigenvalue weighted by atomic mass is 9.94. The number of carbonyl (C=O) groups excluding carboxylic acids is 1. The van der Waals surface area contributed by atoms with E-state index in [9.17, 15) is 4.79 Å². The summed E-state index contributed by atoms with van der Waals surface area (Å²) < 4.78 is 11.7. The van der Waals surface area contributed by atoms with E-state index in [2.05, 4.69) is 5.32 Å². The lowest BCUT2D eigenvalue weighted by molar-refractivity contribution is -0.121. The van der Waals surface area contributed by atoms with Crippen molar-refractivity contribution in [3.05, 3.63) is 95.0 Å². The third-order valence-corrected chi connectivity index (χ3v) is 6.22. The van der Waals surface area contributed by atoms with Crippen molar-refractivity contribution in [1.29, 1.82) is 0 Å². The number of ether oxygens (including phenoxy) is 2. The molecule has 3 aromatic carbocycles. The molecule has 5 rings (SSSR count). The predicted molar refractivity (Wildman–Crippen MR) is 125 cm³/mol. The van der Waals surface area contributed by atoms with Crippen molar-refractivity contribution in [3.8, 4) is 27.8 Å². The van der Waals surface area contributed by atoms with Gasteiger partial charge < -0.3 is 14.8 Å². The number of benzene rings is 3. The molecular formula is C26H22N2O3S. The highest BCUT2D eigenvalue weighted by Gasteiger charge is 2.28. The second-order valence-electron chi connectivity index (χ2n) is 7.43. The van der Waals surface area contributed by atoms with Crippen LogP contribution in [-0.2, 0) is 11.2 Å². The maximum atomic E-state index is 13.0. The van der Waals surface area contributed by atoms with Crippen molar-refractivity contribution >= 4 is 17.2 Å². The van der Waals surface area contributed by atoms with Gasteiger partial charge in [0, 0.05) is 16.5 Å². The fourth-order valence-electron chi connectivity index (χ4n) is 3.88. The number of nitrogens with zero attached hydrogens (tertiary/aromatic N) is 1. The second-order valence-corrected chi connectivity index (χ2v) is 8.29. The quantitative estimate of drug-likeness (QED) is 0.412. The number of hydrogen-bond donors (Lipinski definition) is 1. The Morgan fingerprint density at radius 3 is 2.38 bits per heavy atom. The summed E-state index contributed by atoms with van der Waals surface area (Å²) >= 11 is 1.52. The van der Waals surface area contributed by atoms with Gasteiger partial charge in [-0.2, -0.15) is 0 Å². The minimum atomic E-state index is -0.263. The van der Waals surface area contributed by atoms with Crippen molar-refractivity contribution < 1.29 is 14.3 Å². The van der Waals surface area contributed by atoms with Crippen molar-refractivity contribution in [2.24, 2.45) is 0 Å². The molecule has 160 valence electrons. The Balaban J connectivity index is 1.36. The molecule has 1 aliphatic rings. The van der Waals surface area contributed by atoms with Crippen LogP contribution in [0.4, 0.5) is 0 Å². The molecule has 0 atom stereocenters. The van der Waals surface area contributed by atoms with E-state index in [1.807, 2.05) is 85.1 Å². The van der Waals surface area contributed by atoms with Crippen LogP contribution < -0.4 is 14.8 Å². The summed E-state index contributed by atoms with van der Waals surface area (Å²) in [6, 6.07) is 23.2. The Hall–Kier alpha value is -3.64. The Morgan fingerprint density at radius 1 is 1.00 bits per heavy atom. The number of amides is 1. The van der Waals surface area contributed by atoms with Crippen molar-refractivity contribution in [2.75, 3.05) is 6.61 Å². The third kappa shape index (κ3) is 3.97. The summed E-state index contributed by atoms with van der Waals surface area (Å²) in [5.74, 6) is 2.24. The van der Waals surface area contributed by atoms with Gasteiger partial charge in [0.15, 0.2) is 0 Å². The van der Waals surface area contributed by atoms with Crippen LogP contribution >= 0.6 is 11.3 Å². The molecular weight excluding hydrogens is 420 g/mol. The molecule has 4 aromatic rings. The number of thiazole rings is 1. The largest absolute Gasteiger partial charge is 0.493 e. The van der Waals surface area contributed by atoms with Crippen molar-refractivity contribution in [2.45, 2.75) is 19.4 Å². The molecule has 0 spiro atoms. The molecule has 0 aliphatic carbocycles. The minimum Gasteiger partial charge on any atom is -0.493 e. The van der Waals surface area contributed by atoms with Gasteiger partial charge in [0.25, 0.3) is 0 Å². The first-order valence-corrected chi connectivity index (χ1v) is 11.4. The van der Waals surface area contributed by atoms with Crippen LogP contribution in [0, 0.1) is 0 Å². The normalized spacial score (nSPS) is 12.4. The van der Waals surface area contributed by atoms with Crippen LogP contribution in [0.25, 0.3) is 10.6 Å². The average molecular weight is 443 g/mol. The lowest BCUT2D eigenvalue weighted by Crippen LogP contribution is -2.32. The average Bonchev–Trinajstić information content (AvgIpc) is 3.27. The highest BCUT2D eigenvalue weighted by atomic mass is 32.1. The molecule has 0 saturated carbocycles. The maximum Gasteiger partial charge on any atom is 0.226 e. The first-order chi connectivity index (χ1) is 15.7. The standard InChI is InChI=1S/C26H22N2O3S/c1-2-30-21-12-6-5-11-20(21)26-27-17(16-32-26)15-24(29)28-25-18-9-3-7-13-22(18)31-23-14-8-4-10-19(23)25/h3-14,16,25H,2,15H2,1H3,(H,28,29). The second kappa shape index (κ2) is 8.85. The van der Waals surface area contributed by atoms with Crippen LogP contribution in [0.2, 0.25) is 0 Å². The van der Waals surface area contributed by atoms with E-state index in [-0.39, 0.29) is 18.4 Å². The van der Waals surface area contributed by atoms with E-state index in [1.54, 1.807) is 0 Å². The van der Waals surface area contributed by atoms with Gasteiger partial charge in [-0.25, -0.2) is 4.98 Å². The number of nitrogens with one attached hydrogen (secondary N) is 1. The smallest absolute Gasteiger partial charge is 0.226 e. The number of rotatable bonds is 6. The zero-order valence-corrected chi connectivity index (χ0v) is 18.4. The fourth-order valence-corrected chi connectivity index (χ4v) is 4.73. The molecule has 1 aromatic heterocycles. The number of aromatic nitrogens is 1. The molecule has 32 heavy (non-hydrogen) atoms. The van der Waals surface area contributed by atoms with E-state index >= 15 is 0 Å². The summed E-state index contributed by atoms with van der Waals surface area (Å²) in [6.45, 7) is 2.55. The number of hydrogen-bond acceptors (Lipinski definition) is 5. The Kier molecular flexibility index (Phi) is 5.60. The van der Waals surface area contributed by atoms with E-state index in [1.165, 1.54) is 11.3 Å². The van der Waals surface area contributed by atoms with Crippen molar-refractivity contribution in [3.63, 3.8) is 0 Å². The van der Waals surface area contributed by atoms with Gasteiger partial charge in [0.1, 0.15) is 22.3 Å². The molecule has 1 amide bonds. The zero-order valence-electron chi connectivity index (χ0n) is 17.6. The van der Waals surface area contributed by atoms with Crippen LogP contribution in [-0.4, -0.2) is 17.5 Å². The third-order valence-electron chi connectivity index (χ3n) is 5.30. The van der Waals surface area contributed by atoms with Gasteiger partial charge in [-0.1, -0.05) is 48.5 Å². The summed E-state index contributed by atoms with van der Waals surface area (Å²) in [5, 5.41) is 5.96. The number of carbonyl (C=O) groups is 1. The molecule has 2 heterocycles. The first-order valence-electron chi connectivity index (χ1n) is 10.5. The first kappa shape index (κ1) is 20.3. The Labute approximate surface area is 190 Å². The molecule has 1 N–H and O–H groups in total. The van der Waals surface area contributed by atoms with Crippen molar-refractivity contribution in [1.82, 2.24) is 10.3 Å². The van der Waals surface area contributed by atoms with Gasteiger partial charge in [-0.15, -0.1) is 11.3 Å². The van der Waals surface area contributed by atoms with E-state index in [4.69, 9.17) is 14.5 Å². The molecule has 5 nitrogen and oxygen atoms in total. The molecule has 0 unspecified atom stereocenters. The van der Waals surface area contributed by atoms with E-state index < -0.39 is 0 Å². The van der Waals surface area contributed by atoms with Gasteiger partial charge in [0.2, 0.25) is 5.91 Å². The maximum absolute atomic E-state index is 13.0. The highest BCUT2D eigenvalue weighted by Crippen LogP contribution is 2.42. The summed E-state index contributed by atoms with van der Waals surface area (Å²) in [7, 11) is 0. The number of fused-ring (bicyclic) bond motifs is 2. The molecule has 6 heteroatoms. The zero-order chi connectivity index (χ0) is 21.9. The summed E-state index contributed by atoms with van der Waals surface area (Å²) in [6.07, 6.45) is 0.203. The topological polar surface area (TPSA) is 60.5 Å². The Morgan fingerprint density at radius 2 is 1.66 bits per heavy atom. The van der Waals surface area contributed by atoms with Crippen LogP contribution in [0.1, 0.15) is 29.8 Å². The van der Waals surface area contributed by atoms with Crippen LogP contribution in [0.3, 0.4) is 0 Å². The monoisotopic (exact) mass is 442 g/mol. The molecule has 0 bridgehead atoms. The highest BCUT2D eigenvalue weighted by molar-refractivity contribution is 7.13. The Bertz CT molecular complexity index is 1220. The van der Waals surface area contributed by atoms with Gasteiger partial charge >= 0.3 is 0 Å². The fraction of sp³-hybridized carbons (Fsp3) is 0.154. The van der Waals surface area contributed by atoms with E-state index in [0.29, 0.717) is 6.61 Å². The lowest BCUT2D eigenvalue weighted by Gasteiger charge is -2.28. The molecule has 0 radical (unpaired) electrons. The summed E-state index contributed by atoms with van der Waals surface area (Å²) in [5.41, 5.74) is 3.58. The minimum absolute atomic E-state index is 0.0866. The van der Waals surface area contributed by atoms with E-state index in [0.717, 1.165) is 44.6 Å². The molecule has 0 saturated heterocycles. The van der Waals surface area contributed by atoms with Crippen LogP contribution in [0.5, 0.6) is 17.2 Å². The van der Waals surface area contributed by atoms with Gasteiger partial charge in [-0.05, 0) is 31.2 Å². The molecule has 0 fully saturated rings. The van der Waals surface area contributed by atoms with Gasteiger partial charge in [0.05, 0.1) is 30.3 Å². The van der Waals surface area contributed by atoms with Crippen LogP contribution in [0.15, 0.2) is 78.2 Å². The molecule has 1 aliphatic heterocycles. The van der Waals surface area contributed by atoms with Gasteiger partial charge in [-0.3, -0.25) is 4.79 Å².